The van der Waals surface area contributed by atoms with E-state index in [4.69, 9.17) is 15.0 Å². The second-order valence-electron chi connectivity index (χ2n) is 7.92. The van der Waals surface area contributed by atoms with E-state index in [0.29, 0.717) is 6.07 Å². The molecule has 1 aliphatic heterocycles. The van der Waals surface area contributed by atoms with Crippen LogP contribution >= 0.6 is 0 Å². The summed E-state index contributed by atoms with van der Waals surface area (Å²) in [6, 6.07) is 2.53. The molecule has 0 radical (unpaired) electrons. The van der Waals surface area contributed by atoms with Crippen molar-refractivity contribution >= 4 is 18.5 Å². The highest BCUT2D eigenvalue weighted by Gasteiger charge is 2.52. The summed E-state index contributed by atoms with van der Waals surface area (Å²) in [5, 5.41) is 0. The van der Waals surface area contributed by atoms with E-state index >= 15 is 0 Å². The molecule has 162 valence electrons. The fraction of sp³-hybridized carbons (Fsp3) is 0.444. The quantitative estimate of drug-likeness (QED) is 0.572. The predicted molar refractivity (Wildman–Crippen MR) is 97.6 cm³/mol. The molecule has 2 aromatic rings. The Kier molecular flexibility index (Phi) is 5.10. The molecule has 1 aromatic carbocycles. The first kappa shape index (κ1) is 22.4. The molecule has 3 rings (SSSR count). The number of hydrogen-bond acceptors (Lipinski definition) is 5. The van der Waals surface area contributed by atoms with Crippen molar-refractivity contribution in [1.29, 1.82) is 0 Å². The SMILES string of the molecule is CC1(C)OB(c2cc(-c3cnc(N)nc3C(F)(F)F)cc(C(F)(F)F)c2)OC1(C)C. The highest BCUT2D eigenvalue weighted by atomic mass is 19.4. The van der Waals surface area contributed by atoms with E-state index in [0.717, 1.165) is 18.3 Å². The van der Waals surface area contributed by atoms with Crippen molar-refractivity contribution in [3.63, 3.8) is 0 Å². The molecule has 0 atom stereocenters. The van der Waals surface area contributed by atoms with Gasteiger partial charge in [0, 0.05) is 11.8 Å². The minimum absolute atomic E-state index is 0.0802. The van der Waals surface area contributed by atoms with Crippen molar-refractivity contribution in [3.05, 3.63) is 35.7 Å². The van der Waals surface area contributed by atoms with Gasteiger partial charge in [-0.15, -0.1) is 0 Å². The number of nitrogens with zero attached hydrogens (tertiary/aromatic N) is 2. The summed E-state index contributed by atoms with van der Waals surface area (Å²) in [6.07, 6.45) is -9.03. The minimum Gasteiger partial charge on any atom is -0.399 e. The van der Waals surface area contributed by atoms with E-state index in [1.807, 2.05) is 0 Å². The monoisotopic (exact) mass is 433 g/mol. The summed E-state index contributed by atoms with van der Waals surface area (Å²) in [5.74, 6) is -0.649. The lowest BCUT2D eigenvalue weighted by atomic mass is 9.77. The molecule has 5 nitrogen and oxygen atoms in total. The van der Waals surface area contributed by atoms with Gasteiger partial charge in [-0.2, -0.15) is 26.3 Å². The molecule has 0 bridgehead atoms. The van der Waals surface area contributed by atoms with Gasteiger partial charge in [0.2, 0.25) is 5.95 Å². The van der Waals surface area contributed by atoms with E-state index in [1.165, 1.54) is 0 Å². The summed E-state index contributed by atoms with van der Waals surface area (Å²) in [7, 11) is -1.21. The van der Waals surface area contributed by atoms with Crippen LogP contribution in [0.2, 0.25) is 0 Å². The molecular weight excluding hydrogens is 415 g/mol. The van der Waals surface area contributed by atoms with E-state index in [-0.39, 0.29) is 11.0 Å². The number of hydrogen-bond donors (Lipinski definition) is 1. The predicted octanol–water partition coefficient (Wildman–Crippen LogP) is 4.06. The summed E-state index contributed by atoms with van der Waals surface area (Å²) in [5.41, 5.74) is -0.158. The van der Waals surface area contributed by atoms with Crippen molar-refractivity contribution in [3.8, 4) is 11.1 Å². The van der Waals surface area contributed by atoms with Gasteiger partial charge in [-0.25, -0.2) is 9.97 Å². The molecule has 0 saturated carbocycles. The number of nitrogens with two attached hydrogens (primary N) is 1. The lowest BCUT2D eigenvalue weighted by molar-refractivity contribution is -0.140. The highest BCUT2D eigenvalue weighted by molar-refractivity contribution is 6.62. The molecule has 12 heteroatoms. The first-order valence-corrected chi connectivity index (χ1v) is 8.79. The maximum Gasteiger partial charge on any atom is 0.494 e. The molecule has 0 aliphatic carbocycles. The van der Waals surface area contributed by atoms with Gasteiger partial charge in [-0.3, -0.25) is 0 Å². The highest BCUT2D eigenvalue weighted by Crippen LogP contribution is 2.40. The van der Waals surface area contributed by atoms with Gasteiger partial charge >= 0.3 is 19.5 Å². The van der Waals surface area contributed by atoms with Crippen LogP contribution in [-0.2, 0) is 21.7 Å². The summed E-state index contributed by atoms with van der Waals surface area (Å²) in [4.78, 5) is 6.70. The fourth-order valence-electron chi connectivity index (χ4n) is 2.91. The third-order valence-electron chi connectivity index (χ3n) is 5.19. The van der Waals surface area contributed by atoms with Crippen molar-refractivity contribution in [2.45, 2.75) is 51.2 Å². The molecule has 1 fully saturated rings. The average Bonchev–Trinajstić information content (AvgIpc) is 2.80. The van der Waals surface area contributed by atoms with Gasteiger partial charge in [0.05, 0.1) is 16.8 Å². The number of nitrogen functional groups attached to an aromatic ring is 1. The number of anilines is 1. The average molecular weight is 433 g/mol. The molecule has 1 aromatic heterocycles. The number of aromatic nitrogens is 2. The Bertz CT molecular complexity index is 959. The van der Waals surface area contributed by atoms with E-state index < -0.39 is 53.4 Å². The number of alkyl halides is 6. The summed E-state index contributed by atoms with van der Waals surface area (Å²) >= 11 is 0. The van der Waals surface area contributed by atoms with Crippen LogP contribution in [0.15, 0.2) is 24.4 Å². The Morgan fingerprint density at radius 2 is 1.47 bits per heavy atom. The Hall–Kier alpha value is -2.34. The molecule has 2 N–H and O–H groups in total. The van der Waals surface area contributed by atoms with E-state index in [2.05, 4.69) is 9.97 Å². The molecule has 1 saturated heterocycles. The maximum atomic E-state index is 13.5. The van der Waals surface area contributed by atoms with Crippen LogP contribution in [0.3, 0.4) is 0 Å². The molecule has 0 spiro atoms. The lowest BCUT2D eigenvalue weighted by Gasteiger charge is -2.32. The molecule has 1 aliphatic rings. The zero-order valence-corrected chi connectivity index (χ0v) is 16.4. The lowest BCUT2D eigenvalue weighted by Crippen LogP contribution is -2.41. The van der Waals surface area contributed by atoms with Gasteiger partial charge in [0.25, 0.3) is 0 Å². The molecular formula is C18H18BF6N3O2. The third-order valence-corrected chi connectivity index (χ3v) is 5.19. The van der Waals surface area contributed by atoms with Crippen LogP contribution in [0, 0.1) is 0 Å². The molecule has 0 amide bonds. The van der Waals surface area contributed by atoms with Crippen LogP contribution < -0.4 is 11.2 Å². The molecule has 30 heavy (non-hydrogen) atoms. The van der Waals surface area contributed by atoms with Gasteiger partial charge < -0.3 is 15.0 Å². The van der Waals surface area contributed by atoms with Crippen molar-refractivity contribution in [2.75, 3.05) is 5.73 Å². The number of halogens is 6. The number of benzene rings is 1. The van der Waals surface area contributed by atoms with Crippen LogP contribution in [0.1, 0.15) is 39.0 Å². The zero-order valence-electron chi connectivity index (χ0n) is 16.4. The second-order valence-corrected chi connectivity index (χ2v) is 7.92. The Morgan fingerprint density at radius 1 is 0.900 bits per heavy atom. The van der Waals surface area contributed by atoms with E-state index in [1.54, 1.807) is 27.7 Å². The van der Waals surface area contributed by atoms with Crippen molar-refractivity contribution < 1.29 is 35.7 Å². The van der Waals surface area contributed by atoms with Crippen LogP contribution in [0.25, 0.3) is 11.1 Å². The van der Waals surface area contributed by atoms with Crippen LogP contribution in [0.5, 0.6) is 0 Å². The first-order valence-electron chi connectivity index (χ1n) is 8.79. The van der Waals surface area contributed by atoms with Gasteiger partial charge in [0.15, 0.2) is 5.69 Å². The third kappa shape index (κ3) is 4.11. The smallest absolute Gasteiger partial charge is 0.399 e. The largest absolute Gasteiger partial charge is 0.494 e. The maximum absolute atomic E-state index is 13.5. The zero-order chi connectivity index (χ0) is 22.7. The Labute approximate surface area is 168 Å². The standard InChI is InChI=1S/C18H18BF6N3O2/c1-15(2)16(3,4)30-19(29-15)11-6-9(5-10(7-11)17(20,21)22)12-8-27-14(26)28-13(12)18(23,24)25/h5-8H,1-4H3,(H2,26,27,28). The Morgan fingerprint density at radius 3 is 1.97 bits per heavy atom. The topological polar surface area (TPSA) is 70.3 Å². The first-order chi connectivity index (χ1) is 13.5. The van der Waals surface area contributed by atoms with Crippen molar-refractivity contribution in [1.82, 2.24) is 9.97 Å². The van der Waals surface area contributed by atoms with Crippen LogP contribution in [-0.4, -0.2) is 28.3 Å². The summed E-state index contributed by atoms with van der Waals surface area (Å²) in [6.45, 7) is 6.82. The summed E-state index contributed by atoms with van der Waals surface area (Å²) < 4.78 is 92.3. The fourth-order valence-corrected chi connectivity index (χ4v) is 2.91. The van der Waals surface area contributed by atoms with Gasteiger partial charge in [-0.05, 0) is 44.8 Å². The molecule has 0 unspecified atom stereocenters. The normalized spacial score (nSPS) is 18.7. The number of rotatable bonds is 2. The van der Waals surface area contributed by atoms with E-state index in [9.17, 15) is 26.3 Å². The van der Waals surface area contributed by atoms with Gasteiger partial charge in [-0.1, -0.05) is 12.1 Å². The van der Waals surface area contributed by atoms with Gasteiger partial charge in [0.1, 0.15) is 0 Å². The second kappa shape index (κ2) is 6.84. The Balaban J connectivity index is 2.20. The molecule has 2 heterocycles. The van der Waals surface area contributed by atoms with Crippen LogP contribution in [0.4, 0.5) is 32.3 Å². The minimum atomic E-state index is -4.95. The van der Waals surface area contributed by atoms with Crippen molar-refractivity contribution in [2.24, 2.45) is 0 Å².